The summed E-state index contributed by atoms with van der Waals surface area (Å²) in [4.78, 5) is 16.0. The first-order chi connectivity index (χ1) is 37.5. The van der Waals surface area contributed by atoms with Crippen molar-refractivity contribution in [3.05, 3.63) is 175 Å². The fraction of sp³-hybridized carbons (Fsp3) is 0.486. The largest absolute Gasteiger partial charge is 3.00 e. The van der Waals surface area contributed by atoms with E-state index in [4.69, 9.17) is 44.4 Å². The minimum atomic E-state index is -0.653. The Hall–Kier alpha value is -4.56. The maximum Gasteiger partial charge on any atom is 3.00 e. The third-order valence-electron chi connectivity index (χ3n) is 13.0. The Labute approximate surface area is 516 Å². The van der Waals surface area contributed by atoms with Gasteiger partial charge < -0.3 is 44.4 Å². The molecule has 3 heterocycles. The molecule has 0 fully saturated rings. The zero-order valence-electron chi connectivity index (χ0n) is 54.9. The summed E-state index contributed by atoms with van der Waals surface area (Å²) in [7, 11) is 0. The van der Waals surface area contributed by atoms with E-state index < -0.39 is 5.41 Å². The molecule has 81 heavy (non-hydrogen) atoms. The van der Waals surface area contributed by atoms with Crippen LogP contribution in [0.5, 0.6) is 0 Å². The van der Waals surface area contributed by atoms with E-state index in [9.17, 15) is 0 Å². The molecule has 1 radical (unpaired) electrons. The molecule has 0 aliphatic heterocycles. The molecule has 0 saturated carbocycles. The Morgan fingerprint density at radius 3 is 0.654 bits per heavy atom. The number of ether oxygens (including phenoxy) is 5. The monoisotopic (exact) mass is 1140 g/mol. The van der Waals surface area contributed by atoms with Gasteiger partial charge in [-0.2, -0.15) is 0 Å². The minimum Gasteiger partial charge on any atom is -0.698 e. The van der Waals surface area contributed by atoms with Gasteiger partial charge in [0.2, 0.25) is 0 Å². The average molecular weight is 1140 g/mol. The Bertz CT molecular complexity index is 2440. The van der Waals surface area contributed by atoms with Gasteiger partial charge in [-0.05, 0) is 208 Å². The number of hydrogen-bond donors (Lipinski definition) is 0. The SMILES string of the molecule is CCOCC.CCOCC.CCOCC.CCOCC.CCOCC.Cc1cc(C)c(-c2ccc(C(C)(c3ccc(-c4c(C)cc(C)cc4C)[n-]3)c3ccc(-c4c(C)cc(C)cc4C)[n-]3)[n-]2)c(C)c1.Cc1cc(C)c([NH-])c(C)c1.[Fe+3].[Li+]. The summed E-state index contributed by atoms with van der Waals surface area (Å²) in [6.07, 6.45) is 0. The maximum atomic E-state index is 7.54. The van der Waals surface area contributed by atoms with E-state index in [0.29, 0.717) is 5.69 Å². The third-order valence-corrected chi connectivity index (χ3v) is 13.0. The first-order valence-corrected chi connectivity index (χ1v) is 28.9. The molecule has 0 bridgehead atoms. The van der Waals surface area contributed by atoms with Crippen LogP contribution in [0.4, 0.5) is 5.69 Å². The number of aryl methyl sites for hydroxylation is 12. The molecule has 0 atom stereocenters. The predicted octanol–water partition coefficient (Wildman–Crippen LogP) is 15.2. The maximum absolute atomic E-state index is 7.54. The van der Waals surface area contributed by atoms with E-state index >= 15 is 0 Å². The Balaban J connectivity index is 0. The Kier molecular flexibility index (Phi) is 41.0. The first kappa shape index (κ1) is 78.5. The fourth-order valence-electron chi connectivity index (χ4n) is 9.69. The number of nitrogens with one attached hydrogen (secondary N) is 1. The van der Waals surface area contributed by atoms with Crippen LogP contribution in [0, 0.1) is 83.1 Å². The van der Waals surface area contributed by atoms with Crippen molar-refractivity contribution >= 4 is 5.69 Å². The van der Waals surface area contributed by atoms with Crippen molar-refractivity contribution in [3.8, 4) is 33.8 Å². The van der Waals surface area contributed by atoms with Gasteiger partial charge in [0.05, 0.1) is 0 Å². The molecule has 11 heteroatoms. The van der Waals surface area contributed by atoms with Gasteiger partial charge in [-0.15, -0.1) is 39.9 Å². The van der Waals surface area contributed by atoms with Crippen LogP contribution in [-0.4, -0.2) is 66.1 Å². The molecule has 0 spiro atoms. The van der Waals surface area contributed by atoms with E-state index in [1.54, 1.807) is 0 Å². The van der Waals surface area contributed by atoms with Crippen molar-refractivity contribution in [3.63, 3.8) is 0 Å². The van der Waals surface area contributed by atoms with E-state index in [2.05, 4.69) is 149 Å². The van der Waals surface area contributed by atoms with Crippen LogP contribution >= 0.6 is 0 Å². The molecule has 4 aromatic carbocycles. The number of nitrogens with zero attached hydrogens (tertiary/aromatic N) is 3. The van der Waals surface area contributed by atoms with Gasteiger partial charge >= 0.3 is 35.9 Å². The zero-order valence-corrected chi connectivity index (χ0v) is 56.0. The smallest absolute Gasteiger partial charge is 0.698 e. The molecule has 1 N–H and O–H groups in total. The van der Waals surface area contributed by atoms with Crippen LogP contribution < -0.4 is 33.8 Å². The van der Waals surface area contributed by atoms with E-state index in [-0.39, 0.29) is 35.9 Å². The normalized spacial score (nSPS) is 10.3. The molecule has 0 saturated heterocycles. The van der Waals surface area contributed by atoms with Crippen molar-refractivity contribution in [2.45, 2.75) is 165 Å². The van der Waals surface area contributed by atoms with Crippen molar-refractivity contribution in [2.24, 2.45) is 0 Å². The van der Waals surface area contributed by atoms with E-state index in [1.807, 2.05) is 95.2 Å². The van der Waals surface area contributed by atoms with Gasteiger partial charge in [0.25, 0.3) is 0 Å². The quantitative estimate of drug-likeness (QED) is 0.0880. The third kappa shape index (κ3) is 25.4. The molecule has 7 aromatic rings. The summed E-state index contributed by atoms with van der Waals surface area (Å²) in [5.74, 6) is 0. The van der Waals surface area contributed by atoms with Gasteiger partial charge in [0.15, 0.2) is 0 Å². The second kappa shape index (κ2) is 42.3. The van der Waals surface area contributed by atoms with E-state index in [1.165, 1.54) is 72.3 Å². The van der Waals surface area contributed by atoms with E-state index in [0.717, 1.165) is 111 Å². The summed E-state index contributed by atoms with van der Waals surface area (Å²) in [5.41, 5.74) is 31.7. The second-order valence-electron chi connectivity index (χ2n) is 19.8. The van der Waals surface area contributed by atoms with Gasteiger partial charge in [-0.3, -0.25) is 0 Å². The standard InChI is InChI=1S/C41H42N3.C9H12N.5C4H10O.Fe.Li/c1-23-17-26(4)38(27(5)18-23)32-11-14-35(42-32)41(10,36-15-12-33(43-36)39-28(6)19-24(2)20-29(39)7)37-16-13-34(44-37)40-30(8)21-25(3)22-31(40)9;1-6-4-7(2)9(10)8(3)5-6;5*1-3-5-4-2;;/h11-22H,1-10H3;4-5,10H,1-3H3;5*3-4H2,1-2H3;;/q-3;-1;;;;;;+3;+1. The van der Waals surface area contributed by atoms with Crippen LogP contribution in [-0.2, 0) is 46.2 Å². The molecule has 7 rings (SSSR count). The molecular formula is C70H104FeLiN4O5. The zero-order chi connectivity index (χ0) is 59.8. The van der Waals surface area contributed by atoms with Gasteiger partial charge in [0.1, 0.15) is 0 Å². The van der Waals surface area contributed by atoms with Crippen LogP contribution in [0.15, 0.2) is 84.9 Å². The van der Waals surface area contributed by atoms with Crippen LogP contribution in [0.25, 0.3) is 39.5 Å². The summed E-state index contributed by atoms with van der Waals surface area (Å²) >= 11 is 0. The van der Waals surface area contributed by atoms with Crippen LogP contribution in [0.1, 0.15) is 160 Å². The molecule has 3 aromatic heterocycles. The Morgan fingerprint density at radius 2 is 0.494 bits per heavy atom. The first-order valence-electron chi connectivity index (χ1n) is 28.9. The molecule has 0 unspecified atom stereocenters. The average Bonchev–Trinajstić information content (AvgIpc) is 4.19. The minimum absolute atomic E-state index is 0. The topological polar surface area (TPSA) is 112 Å². The summed E-state index contributed by atoms with van der Waals surface area (Å²) in [6.45, 7) is 56.1. The Morgan fingerprint density at radius 1 is 0.321 bits per heavy atom. The molecular weight excluding hydrogens is 1040 g/mol. The predicted molar refractivity (Wildman–Crippen MR) is 339 cm³/mol. The molecule has 9 nitrogen and oxygen atoms in total. The molecule has 0 aliphatic carbocycles. The number of benzene rings is 4. The van der Waals surface area contributed by atoms with Gasteiger partial charge in [0, 0.05) is 66.1 Å². The fourth-order valence-corrected chi connectivity index (χ4v) is 9.69. The van der Waals surface area contributed by atoms with Crippen molar-refractivity contribution in [1.82, 2.24) is 15.0 Å². The molecule has 0 amide bonds. The number of hydrogen-bond acceptors (Lipinski definition) is 5. The summed E-state index contributed by atoms with van der Waals surface area (Å²) in [6, 6.07) is 30.5. The number of aromatic nitrogens is 3. The summed E-state index contributed by atoms with van der Waals surface area (Å²) in [5, 5.41) is 0. The second-order valence-corrected chi connectivity index (χ2v) is 19.8. The van der Waals surface area contributed by atoms with Gasteiger partial charge in [-0.25, -0.2) is 0 Å². The summed E-state index contributed by atoms with van der Waals surface area (Å²) < 4.78 is 24.2. The number of rotatable bonds is 16. The van der Waals surface area contributed by atoms with Crippen molar-refractivity contribution < 1.29 is 59.6 Å². The van der Waals surface area contributed by atoms with Crippen LogP contribution in [0.3, 0.4) is 0 Å². The van der Waals surface area contributed by atoms with Crippen LogP contribution in [0.2, 0.25) is 0 Å². The van der Waals surface area contributed by atoms with Crippen molar-refractivity contribution in [2.75, 3.05) is 66.1 Å². The van der Waals surface area contributed by atoms with Gasteiger partial charge in [-0.1, -0.05) is 125 Å². The molecule has 443 valence electrons. The van der Waals surface area contributed by atoms with Crippen molar-refractivity contribution in [1.29, 1.82) is 0 Å². The molecule has 0 aliphatic rings.